The SMILES string of the molecule is COc1ccc(CSCc2nc(-c3c(-c4ccc5[nH]ncc5c4)nc4ccc(N)nn34)no2)cc1. The topological polar surface area (TPSA) is 133 Å². The molecule has 0 aliphatic heterocycles. The minimum Gasteiger partial charge on any atom is -0.497 e. The Hall–Kier alpha value is -4.38. The van der Waals surface area contributed by atoms with Crippen LogP contribution in [0.3, 0.4) is 0 Å². The number of benzene rings is 2. The number of nitrogens with zero attached hydrogens (tertiary/aromatic N) is 6. The molecule has 4 heterocycles. The molecule has 2 aromatic carbocycles. The summed E-state index contributed by atoms with van der Waals surface area (Å²) in [5.74, 6) is 3.51. The van der Waals surface area contributed by atoms with Gasteiger partial charge in [-0.3, -0.25) is 5.10 Å². The molecule has 11 heteroatoms. The number of aromatic nitrogens is 7. The summed E-state index contributed by atoms with van der Waals surface area (Å²) in [4.78, 5) is 9.44. The van der Waals surface area contributed by atoms with E-state index in [1.54, 1.807) is 35.7 Å². The molecule has 0 saturated carbocycles. The fraction of sp³-hybridized carbons (Fsp3) is 0.125. The predicted molar refractivity (Wildman–Crippen MR) is 134 cm³/mol. The summed E-state index contributed by atoms with van der Waals surface area (Å²) >= 11 is 1.69. The Morgan fingerprint density at radius 3 is 2.80 bits per heavy atom. The summed E-state index contributed by atoms with van der Waals surface area (Å²) in [6, 6.07) is 17.5. The van der Waals surface area contributed by atoms with Gasteiger partial charge in [0.25, 0.3) is 0 Å². The van der Waals surface area contributed by atoms with Crippen LogP contribution in [0.2, 0.25) is 0 Å². The quantitative estimate of drug-likeness (QED) is 0.339. The van der Waals surface area contributed by atoms with Crippen LogP contribution < -0.4 is 10.5 Å². The highest BCUT2D eigenvalue weighted by atomic mass is 32.2. The van der Waals surface area contributed by atoms with Crippen LogP contribution in [0.1, 0.15) is 11.5 Å². The molecule has 0 unspecified atom stereocenters. The van der Waals surface area contributed by atoms with Crippen LogP contribution in [-0.2, 0) is 11.5 Å². The summed E-state index contributed by atoms with van der Waals surface area (Å²) in [7, 11) is 1.66. The molecule has 6 aromatic rings. The molecule has 0 amide bonds. The number of hydrogen-bond donors (Lipinski definition) is 2. The van der Waals surface area contributed by atoms with Crippen molar-refractivity contribution in [3.63, 3.8) is 0 Å². The molecule has 0 radical (unpaired) electrons. The van der Waals surface area contributed by atoms with E-state index >= 15 is 0 Å². The number of anilines is 1. The van der Waals surface area contributed by atoms with E-state index in [0.29, 0.717) is 40.3 Å². The monoisotopic (exact) mass is 484 g/mol. The van der Waals surface area contributed by atoms with E-state index in [1.807, 2.05) is 48.5 Å². The van der Waals surface area contributed by atoms with Gasteiger partial charge in [0.05, 0.1) is 24.6 Å². The second-order valence-corrected chi connectivity index (χ2v) is 8.85. The molecular weight excluding hydrogens is 464 g/mol. The van der Waals surface area contributed by atoms with E-state index in [-0.39, 0.29) is 0 Å². The Morgan fingerprint density at radius 1 is 1.06 bits per heavy atom. The number of nitrogens with one attached hydrogen (secondary N) is 1. The number of H-pyrrole nitrogens is 1. The fourth-order valence-electron chi connectivity index (χ4n) is 3.83. The zero-order valence-electron chi connectivity index (χ0n) is 18.7. The van der Waals surface area contributed by atoms with Gasteiger partial charge in [0.1, 0.15) is 23.0 Å². The second kappa shape index (κ2) is 8.76. The normalized spacial score (nSPS) is 11.5. The molecule has 0 atom stereocenters. The molecule has 0 spiro atoms. The number of aromatic amines is 1. The lowest BCUT2D eigenvalue weighted by molar-refractivity contribution is 0.391. The van der Waals surface area contributed by atoms with Gasteiger partial charge in [0, 0.05) is 16.7 Å². The van der Waals surface area contributed by atoms with E-state index in [9.17, 15) is 0 Å². The van der Waals surface area contributed by atoms with Crippen molar-refractivity contribution >= 4 is 34.1 Å². The molecule has 0 fully saturated rings. The number of hydrogen-bond acceptors (Lipinski definition) is 9. The summed E-state index contributed by atoms with van der Waals surface area (Å²) in [5, 5.41) is 16.7. The maximum Gasteiger partial charge on any atom is 0.237 e. The van der Waals surface area contributed by atoms with Crippen LogP contribution in [0.25, 0.3) is 39.3 Å². The summed E-state index contributed by atoms with van der Waals surface area (Å²) in [6.45, 7) is 0. The van der Waals surface area contributed by atoms with Crippen LogP contribution in [0.4, 0.5) is 5.82 Å². The van der Waals surface area contributed by atoms with Gasteiger partial charge in [0.2, 0.25) is 11.7 Å². The Kier molecular flexibility index (Phi) is 5.30. The fourth-order valence-corrected chi connectivity index (χ4v) is 4.65. The summed E-state index contributed by atoms with van der Waals surface area (Å²) in [5.41, 5.74) is 10.9. The van der Waals surface area contributed by atoms with E-state index in [4.69, 9.17) is 20.0 Å². The third-order valence-electron chi connectivity index (χ3n) is 5.54. The van der Waals surface area contributed by atoms with Gasteiger partial charge < -0.3 is 15.0 Å². The lowest BCUT2D eigenvalue weighted by Crippen LogP contribution is -2.00. The first kappa shape index (κ1) is 21.2. The Bertz CT molecular complexity index is 1640. The molecule has 3 N–H and O–H groups in total. The largest absolute Gasteiger partial charge is 0.497 e. The number of fused-ring (bicyclic) bond motifs is 2. The summed E-state index contributed by atoms with van der Waals surface area (Å²) < 4.78 is 12.4. The van der Waals surface area contributed by atoms with Crippen molar-refractivity contribution in [1.82, 2.24) is 34.9 Å². The lowest BCUT2D eigenvalue weighted by atomic mass is 10.1. The van der Waals surface area contributed by atoms with E-state index in [2.05, 4.69) is 25.4 Å². The van der Waals surface area contributed by atoms with Gasteiger partial charge in [-0.1, -0.05) is 23.4 Å². The van der Waals surface area contributed by atoms with E-state index in [0.717, 1.165) is 28.0 Å². The lowest BCUT2D eigenvalue weighted by Gasteiger charge is -2.02. The van der Waals surface area contributed by atoms with Gasteiger partial charge in [-0.05, 0) is 42.0 Å². The van der Waals surface area contributed by atoms with Gasteiger partial charge in [-0.25, -0.2) is 9.50 Å². The van der Waals surface area contributed by atoms with Crippen molar-refractivity contribution < 1.29 is 9.26 Å². The average Bonchev–Trinajstić information content (AvgIpc) is 3.62. The second-order valence-electron chi connectivity index (χ2n) is 7.86. The van der Waals surface area contributed by atoms with Crippen LogP contribution in [0.15, 0.2) is 65.3 Å². The highest BCUT2D eigenvalue weighted by Gasteiger charge is 2.22. The van der Waals surface area contributed by atoms with Crippen molar-refractivity contribution in [3.8, 4) is 28.5 Å². The first-order valence-electron chi connectivity index (χ1n) is 10.8. The minimum atomic E-state index is 0.367. The van der Waals surface area contributed by atoms with Crippen LogP contribution in [0, 0.1) is 0 Å². The Labute approximate surface area is 203 Å². The average molecular weight is 485 g/mol. The first-order chi connectivity index (χ1) is 17.2. The van der Waals surface area contributed by atoms with Crippen LogP contribution in [-0.4, -0.2) is 42.0 Å². The smallest absolute Gasteiger partial charge is 0.237 e. The predicted octanol–water partition coefficient (Wildman–Crippen LogP) is 4.35. The molecule has 4 aromatic heterocycles. The number of imidazole rings is 1. The molecule has 174 valence electrons. The Morgan fingerprint density at radius 2 is 1.94 bits per heavy atom. The van der Waals surface area contributed by atoms with Crippen LogP contribution in [0.5, 0.6) is 5.75 Å². The van der Waals surface area contributed by atoms with E-state index < -0.39 is 0 Å². The number of nitrogen functional groups attached to an aromatic ring is 1. The van der Waals surface area contributed by atoms with E-state index in [1.165, 1.54) is 5.56 Å². The highest BCUT2D eigenvalue weighted by molar-refractivity contribution is 7.97. The van der Waals surface area contributed by atoms with Gasteiger partial charge in [0.15, 0.2) is 5.65 Å². The van der Waals surface area contributed by atoms with Crippen LogP contribution >= 0.6 is 11.8 Å². The van der Waals surface area contributed by atoms with Crippen molar-refractivity contribution in [2.45, 2.75) is 11.5 Å². The van der Waals surface area contributed by atoms with Gasteiger partial charge in [-0.15, -0.1) is 16.9 Å². The molecule has 10 nitrogen and oxygen atoms in total. The number of thioether (sulfide) groups is 1. The molecular formula is C24H20N8O2S. The molecule has 0 aliphatic carbocycles. The number of nitrogens with two attached hydrogens (primary N) is 1. The summed E-state index contributed by atoms with van der Waals surface area (Å²) in [6.07, 6.45) is 1.77. The molecule has 6 rings (SSSR count). The van der Waals surface area contributed by atoms with Gasteiger partial charge >= 0.3 is 0 Å². The number of ether oxygens (including phenoxy) is 1. The highest BCUT2D eigenvalue weighted by Crippen LogP contribution is 2.33. The molecule has 0 saturated heterocycles. The molecule has 0 aliphatic rings. The van der Waals surface area contributed by atoms with Gasteiger partial charge in [-0.2, -0.15) is 10.1 Å². The van der Waals surface area contributed by atoms with Crippen molar-refractivity contribution in [2.75, 3.05) is 12.8 Å². The first-order valence-corrected chi connectivity index (χ1v) is 12.0. The van der Waals surface area contributed by atoms with Crippen molar-refractivity contribution in [3.05, 3.63) is 72.2 Å². The standard InChI is InChI=1S/C24H20N8O2S/c1-33-17-5-2-14(3-6-17)12-35-13-21-28-24(31-34-21)23-22(27-20-9-8-19(25)30-32(20)23)15-4-7-18-16(10-15)11-26-29-18/h2-11H,12-13H2,1H3,(H2,25,30)(H,26,29). The number of rotatable bonds is 7. The third-order valence-corrected chi connectivity index (χ3v) is 6.53. The Balaban J connectivity index is 1.31. The van der Waals surface area contributed by atoms with Crippen molar-refractivity contribution in [1.29, 1.82) is 0 Å². The number of methoxy groups -OCH3 is 1. The zero-order chi connectivity index (χ0) is 23.8. The van der Waals surface area contributed by atoms with Crippen molar-refractivity contribution in [2.24, 2.45) is 0 Å². The maximum atomic E-state index is 5.98. The molecule has 35 heavy (non-hydrogen) atoms. The zero-order valence-corrected chi connectivity index (χ0v) is 19.5. The minimum absolute atomic E-state index is 0.367. The third kappa shape index (κ3) is 4.06. The maximum absolute atomic E-state index is 5.98. The molecule has 0 bridgehead atoms.